The summed E-state index contributed by atoms with van der Waals surface area (Å²) < 4.78 is 0. The molecule has 2 atom stereocenters. The van der Waals surface area contributed by atoms with Crippen molar-refractivity contribution in [2.24, 2.45) is 17.8 Å². The number of hydrogen-bond donors (Lipinski definition) is 1. The Morgan fingerprint density at radius 3 is 2.26 bits per heavy atom. The molecule has 0 aliphatic heterocycles. The quantitative estimate of drug-likeness (QED) is 0.689. The average molecular weight is 261 g/mol. The van der Waals surface area contributed by atoms with Crippen LogP contribution in [0.3, 0.4) is 0 Å². The molecule has 1 rings (SSSR count). The van der Waals surface area contributed by atoms with E-state index in [1.807, 2.05) is 0 Å². The van der Waals surface area contributed by atoms with Crippen molar-refractivity contribution >= 4 is 0 Å². The molecule has 0 bridgehead atoms. The molecule has 0 aliphatic rings. The summed E-state index contributed by atoms with van der Waals surface area (Å²) in [6, 6.07) is 10.9. The van der Waals surface area contributed by atoms with Gasteiger partial charge < -0.3 is 5.32 Å². The van der Waals surface area contributed by atoms with Crippen LogP contribution >= 0.6 is 0 Å². The van der Waals surface area contributed by atoms with E-state index in [0.29, 0.717) is 0 Å². The molecular weight excluding hydrogens is 230 g/mol. The van der Waals surface area contributed by atoms with Gasteiger partial charge in [0.05, 0.1) is 0 Å². The van der Waals surface area contributed by atoms with Crippen LogP contribution in [0.4, 0.5) is 0 Å². The molecule has 1 aromatic carbocycles. The van der Waals surface area contributed by atoms with Gasteiger partial charge in [-0.2, -0.15) is 0 Å². The van der Waals surface area contributed by atoms with Gasteiger partial charge in [0.2, 0.25) is 0 Å². The molecule has 1 heteroatoms. The molecule has 108 valence electrons. The number of benzene rings is 1. The van der Waals surface area contributed by atoms with Crippen LogP contribution in [0, 0.1) is 17.8 Å². The van der Waals surface area contributed by atoms with E-state index in [1.54, 1.807) is 0 Å². The summed E-state index contributed by atoms with van der Waals surface area (Å²) in [5.74, 6) is 2.33. The lowest BCUT2D eigenvalue weighted by Crippen LogP contribution is -2.28. The van der Waals surface area contributed by atoms with E-state index in [0.717, 1.165) is 30.8 Å². The summed E-state index contributed by atoms with van der Waals surface area (Å²) in [5.41, 5.74) is 1.47. The van der Waals surface area contributed by atoms with Gasteiger partial charge in [0.1, 0.15) is 0 Å². The predicted molar refractivity (Wildman–Crippen MR) is 85.4 cm³/mol. The molecule has 0 amide bonds. The van der Waals surface area contributed by atoms with Crippen LogP contribution in [0.1, 0.15) is 46.1 Å². The van der Waals surface area contributed by atoms with Crippen molar-refractivity contribution in [3.63, 3.8) is 0 Å². The lowest BCUT2D eigenvalue weighted by Gasteiger charge is -2.21. The van der Waals surface area contributed by atoms with E-state index in [-0.39, 0.29) is 0 Å². The van der Waals surface area contributed by atoms with E-state index < -0.39 is 0 Å². The predicted octanol–water partition coefficient (Wildman–Crippen LogP) is 4.53. The van der Waals surface area contributed by atoms with Crippen molar-refractivity contribution in [2.75, 3.05) is 13.1 Å². The molecule has 0 fully saturated rings. The Labute approximate surface area is 119 Å². The zero-order valence-corrected chi connectivity index (χ0v) is 13.2. The Hall–Kier alpha value is -0.820. The van der Waals surface area contributed by atoms with E-state index in [2.05, 4.69) is 63.3 Å². The molecule has 0 aliphatic carbocycles. The van der Waals surface area contributed by atoms with Crippen LogP contribution < -0.4 is 5.32 Å². The summed E-state index contributed by atoms with van der Waals surface area (Å²) in [6.45, 7) is 11.5. The highest BCUT2D eigenvalue weighted by atomic mass is 14.9. The highest BCUT2D eigenvalue weighted by Gasteiger charge is 2.13. The Bertz CT molecular complexity index is 318. The van der Waals surface area contributed by atoms with Crippen LogP contribution in [0.15, 0.2) is 30.3 Å². The molecule has 0 spiro atoms. The highest BCUT2D eigenvalue weighted by Crippen LogP contribution is 2.19. The van der Waals surface area contributed by atoms with Gasteiger partial charge in [0.15, 0.2) is 0 Å². The fourth-order valence-electron chi connectivity index (χ4n) is 2.50. The fourth-order valence-corrected chi connectivity index (χ4v) is 2.50. The van der Waals surface area contributed by atoms with Crippen molar-refractivity contribution < 1.29 is 0 Å². The topological polar surface area (TPSA) is 12.0 Å². The molecule has 1 N–H and O–H groups in total. The van der Waals surface area contributed by atoms with E-state index in [4.69, 9.17) is 0 Å². The van der Waals surface area contributed by atoms with Crippen molar-refractivity contribution in [3.8, 4) is 0 Å². The standard InChI is InChI=1S/C18H31N/c1-5-16(4)11-18(14-19-13-15(2)3)12-17-9-7-6-8-10-17/h6-10,15-16,18-19H,5,11-14H2,1-4H3. The Morgan fingerprint density at radius 1 is 1.00 bits per heavy atom. The molecule has 0 radical (unpaired) electrons. The first-order valence-corrected chi connectivity index (χ1v) is 7.86. The van der Waals surface area contributed by atoms with Crippen LogP contribution in [-0.4, -0.2) is 13.1 Å². The Morgan fingerprint density at radius 2 is 1.68 bits per heavy atom. The first-order chi connectivity index (χ1) is 9.11. The SMILES string of the molecule is CCC(C)CC(CNCC(C)C)Cc1ccccc1. The monoisotopic (exact) mass is 261 g/mol. The van der Waals surface area contributed by atoms with Gasteiger partial charge in [-0.3, -0.25) is 0 Å². The molecule has 0 heterocycles. The summed E-state index contributed by atoms with van der Waals surface area (Å²) in [5, 5.41) is 3.63. The zero-order chi connectivity index (χ0) is 14.1. The molecule has 19 heavy (non-hydrogen) atoms. The van der Waals surface area contributed by atoms with Crippen molar-refractivity contribution in [3.05, 3.63) is 35.9 Å². The minimum absolute atomic E-state index is 0.737. The van der Waals surface area contributed by atoms with Crippen LogP contribution in [-0.2, 0) is 6.42 Å². The third-order valence-electron chi connectivity index (χ3n) is 3.79. The van der Waals surface area contributed by atoms with Crippen molar-refractivity contribution in [1.82, 2.24) is 5.32 Å². The maximum absolute atomic E-state index is 3.63. The third kappa shape index (κ3) is 7.37. The summed E-state index contributed by atoms with van der Waals surface area (Å²) in [6.07, 6.45) is 3.82. The van der Waals surface area contributed by atoms with Crippen molar-refractivity contribution in [1.29, 1.82) is 0 Å². The van der Waals surface area contributed by atoms with Gasteiger partial charge in [-0.1, -0.05) is 64.4 Å². The van der Waals surface area contributed by atoms with Gasteiger partial charge in [-0.05, 0) is 49.2 Å². The molecular formula is C18H31N. The van der Waals surface area contributed by atoms with Crippen LogP contribution in [0.2, 0.25) is 0 Å². The second kappa shape index (κ2) is 9.14. The lowest BCUT2D eigenvalue weighted by atomic mass is 9.89. The second-order valence-electron chi connectivity index (χ2n) is 6.36. The Balaban J connectivity index is 2.48. The summed E-state index contributed by atoms with van der Waals surface area (Å²) in [7, 11) is 0. The highest BCUT2D eigenvalue weighted by molar-refractivity contribution is 5.15. The Kier molecular flexibility index (Phi) is 7.81. The van der Waals surface area contributed by atoms with Crippen molar-refractivity contribution in [2.45, 2.75) is 47.0 Å². The van der Waals surface area contributed by atoms with E-state index in [9.17, 15) is 0 Å². The van der Waals surface area contributed by atoms with E-state index >= 15 is 0 Å². The summed E-state index contributed by atoms with van der Waals surface area (Å²) in [4.78, 5) is 0. The van der Waals surface area contributed by atoms with Gasteiger partial charge >= 0.3 is 0 Å². The van der Waals surface area contributed by atoms with Gasteiger partial charge in [0, 0.05) is 0 Å². The fraction of sp³-hybridized carbons (Fsp3) is 0.667. The molecule has 1 aromatic rings. The van der Waals surface area contributed by atoms with Gasteiger partial charge in [0.25, 0.3) is 0 Å². The summed E-state index contributed by atoms with van der Waals surface area (Å²) >= 11 is 0. The maximum atomic E-state index is 3.63. The zero-order valence-electron chi connectivity index (χ0n) is 13.2. The number of hydrogen-bond acceptors (Lipinski definition) is 1. The third-order valence-corrected chi connectivity index (χ3v) is 3.79. The normalized spacial score (nSPS) is 14.6. The maximum Gasteiger partial charge on any atom is -0.00171 e. The molecule has 0 saturated carbocycles. The smallest absolute Gasteiger partial charge is 0.00171 e. The molecule has 1 nitrogen and oxygen atoms in total. The minimum atomic E-state index is 0.737. The minimum Gasteiger partial charge on any atom is -0.316 e. The number of nitrogens with one attached hydrogen (secondary N) is 1. The molecule has 2 unspecified atom stereocenters. The lowest BCUT2D eigenvalue weighted by molar-refractivity contribution is 0.356. The van der Waals surface area contributed by atoms with Crippen LogP contribution in [0.5, 0.6) is 0 Å². The number of rotatable bonds is 9. The first kappa shape index (κ1) is 16.2. The first-order valence-electron chi connectivity index (χ1n) is 7.86. The molecule has 0 saturated heterocycles. The average Bonchev–Trinajstić information content (AvgIpc) is 2.39. The van der Waals surface area contributed by atoms with Crippen LogP contribution in [0.25, 0.3) is 0 Å². The van der Waals surface area contributed by atoms with Gasteiger partial charge in [-0.25, -0.2) is 0 Å². The van der Waals surface area contributed by atoms with E-state index in [1.165, 1.54) is 24.8 Å². The largest absolute Gasteiger partial charge is 0.316 e. The molecule has 0 aromatic heterocycles. The van der Waals surface area contributed by atoms with Gasteiger partial charge in [-0.15, -0.1) is 0 Å². The second-order valence-corrected chi connectivity index (χ2v) is 6.36.